The smallest absolute Gasteiger partial charge is 0.323 e. The Bertz CT molecular complexity index is 635. The average Bonchev–Trinajstić information content (AvgIpc) is 2.31. The molecule has 2 aromatic carbocycles. The number of aryl methyl sites for hydroxylation is 1. The molecule has 0 fully saturated rings. The predicted molar refractivity (Wildman–Crippen MR) is 75.3 cm³/mol. The molecule has 0 unspecified atom stereocenters. The van der Waals surface area contributed by atoms with Crippen molar-refractivity contribution >= 4 is 17.4 Å². The third kappa shape index (κ3) is 3.32. The molecule has 0 radical (unpaired) electrons. The monoisotopic (exact) mass is 274 g/mol. The number of phenolic OH excluding ortho intramolecular Hbond substituents is 3. The highest BCUT2D eigenvalue weighted by atomic mass is 16.3. The Morgan fingerprint density at radius 1 is 0.950 bits per heavy atom. The lowest BCUT2D eigenvalue weighted by atomic mass is 10.2. The quantitative estimate of drug-likeness (QED) is 0.543. The largest absolute Gasteiger partial charge is 0.508 e. The number of urea groups is 1. The first-order valence-electron chi connectivity index (χ1n) is 5.85. The number of nitrogens with one attached hydrogen (secondary N) is 2. The lowest BCUT2D eigenvalue weighted by molar-refractivity contribution is 0.262. The fraction of sp³-hybridized carbons (Fsp3) is 0.0714. The van der Waals surface area contributed by atoms with Crippen LogP contribution in [0.1, 0.15) is 5.56 Å². The maximum atomic E-state index is 11.7. The Labute approximate surface area is 115 Å². The van der Waals surface area contributed by atoms with Gasteiger partial charge in [0.25, 0.3) is 0 Å². The van der Waals surface area contributed by atoms with E-state index in [-0.39, 0.29) is 28.6 Å². The molecule has 6 heteroatoms. The van der Waals surface area contributed by atoms with E-state index in [2.05, 4.69) is 10.6 Å². The van der Waals surface area contributed by atoms with Gasteiger partial charge >= 0.3 is 6.03 Å². The second-order valence-electron chi connectivity index (χ2n) is 4.34. The molecule has 2 aromatic rings. The van der Waals surface area contributed by atoms with Crippen LogP contribution in [0.15, 0.2) is 36.4 Å². The highest BCUT2D eigenvalue weighted by Crippen LogP contribution is 2.26. The second-order valence-corrected chi connectivity index (χ2v) is 4.34. The summed E-state index contributed by atoms with van der Waals surface area (Å²) in [6, 6.07) is 7.96. The maximum Gasteiger partial charge on any atom is 0.323 e. The van der Waals surface area contributed by atoms with Gasteiger partial charge in [-0.2, -0.15) is 0 Å². The van der Waals surface area contributed by atoms with Crippen LogP contribution in [0.4, 0.5) is 16.2 Å². The zero-order valence-electron chi connectivity index (χ0n) is 10.7. The van der Waals surface area contributed by atoms with E-state index in [0.717, 1.165) is 11.6 Å². The van der Waals surface area contributed by atoms with Crippen LogP contribution in [0.25, 0.3) is 0 Å². The molecular weight excluding hydrogens is 260 g/mol. The molecule has 2 amide bonds. The number of carbonyl (C=O) groups is 1. The third-order valence-electron chi connectivity index (χ3n) is 2.56. The van der Waals surface area contributed by atoms with Gasteiger partial charge < -0.3 is 26.0 Å². The SMILES string of the molecule is Cc1ccc(NC(=O)Nc2cc(O)cc(O)c2)c(O)c1. The summed E-state index contributed by atoms with van der Waals surface area (Å²) in [6.45, 7) is 1.82. The first kappa shape index (κ1) is 13.5. The molecular formula is C14H14N2O4. The first-order chi connectivity index (χ1) is 9.44. The predicted octanol–water partition coefficient (Wildman–Crippen LogP) is 2.76. The van der Waals surface area contributed by atoms with Crippen molar-refractivity contribution in [1.82, 2.24) is 0 Å². The minimum Gasteiger partial charge on any atom is -0.508 e. The number of rotatable bonds is 2. The Hall–Kier alpha value is -2.89. The lowest BCUT2D eigenvalue weighted by Crippen LogP contribution is -2.19. The maximum absolute atomic E-state index is 11.7. The van der Waals surface area contributed by atoms with E-state index >= 15 is 0 Å². The Balaban J connectivity index is 2.09. The van der Waals surface area contributed by atoms with Gasteiger partial charge in [0.2, 0.25) is 0 Å². The van der Waals surface area contributed by atoms with Crippen LogP contribution in [-0.4, -0.2) is 21.4 Å². The van der Waals surface area contributed by atoms with Gasteiger partial charge in [-0.05, 0) is 24.6 Å². The summed E-state index contributed by atoms with van der Waals surface area (Å²) in [5.74, 6) is -0.379. The number of phenols is 3. The summed E-state index contributed by atoms with van der Waals surface area (Å²) in [4.78, 5) is 11.7. The molecule has 5 N–H and O–H groups in total. The topological polar surface area (TPSA) is 102 Å². The van der Waals surface area contributed by atoms with Crippen molar-refractivity contribution in [3.63, 3.8) is 0 Å². The molecule has 6 nitrogen and oxygen atoms in total. The van der Waals surface area contributed by atoms with Gasteiger partial charge in [-0.3, -0.25) is 0 Å². The highest BCUT2D eigenvalue weighted by molar-refractivity contribution is 6.00. The molecule has 0 aliphatic rings. The fourth-order valence-corrected chi connectivity index (χ4v) is 1.70. The zero-order valence-corrected chi connectivity index (χ0v) is 10.7. The van der Waals surface area contributed by atoms with E-state index in [4.69, 9.17) is 0 Å². The molecule has 0 aliphatic carbocycles. The Morgan fingerprint density at radius 2 is 1.60 bits per heavy atom. The van der Waals surface area contributed by atoms with E-state index < -0.39 is 6.03 Å². The van der Waals surface area contributed by atoms with Gasteiger partial charge in [0.1, 0.15) is 17.2 Å². The summed E-state index contributed by atoms with van der Waals surface area (Å²) >= 11 is 0. The van der Waals surface area contributed by atoms with Crippen molar-refractivity contribution in [1.29, 1.82) is 0 Å². The number of amides is 2. The van der Waals surface area contributed by atoms with E-state index in [0.29, 0.717) is 0 Å². The van der Waals surface area contributed by atoms with Crippen LogP contribution in [0.5, 0.6) is 17.2 Å². The number of carbonyl (C=O) groups excluding carboxylic acids is 1. The molecule has 0 bridgehead atoms. The number of hydrogen-bond acceptors (Lipinski definition) is 4. The minimum atomic E-state index is -0.603. The van der Waals surface area contributed by atoms with Gasteiger partial charge in [0.05, 0.1) is 5.69 Å². The molecule has 2 rings (SSSR count). The molecule has 0 atom stereocenters. The van der Waals surface area contributed by atoms with Crippen molar-refractivity contribution in [2.45, 2.75) is 6.92 Å². The van der Waals surface area contributed by atoms with E-state index in [1.165, 1.54) is 18.2 Å². The molecule has 0 aliphatic heterocycles. The summed E-state index contributed by atoms with van der Waals surface area (Å²) in [5.41, 5.74) is 1.36. The third-order valence-corrected chi connectivity index (χ3v) is 2.56. The number of hydrogen-bond donors (Lipinski definition) is 5. The van der Waals surface area contributed by atoms with Crippen LogP contribution in [0.3, 0.4) is 0 Å². The molecule has 0 heterocycles. The van der Waals surface area contributed by atoms with Crippen molar-refractivity contribution in [3.8, 4) is 17.2 Å². The molecule has 104 valence electrons. The normalized spacial score (nSPS) is 10.1. The standard InChI is InChI=1S/C14H14N2O4/c1-8-2-3-12(13(19)4-8)16-14(20)15-9-5-10(17)7-11(18)6-9/h2-7,17-19H,1H3,(H2,15,16,20). The number of benzene rings is 2. The second kappa shape index (κ2) is 5.40. The van der Waals surface area contributed by atoms with Gasteiger partial charge in [-0.1, -0.05) is 6.07 Å². The molecule has 20 heavy (non-hydrogen) atoms. The summed E-state index contributed by atoms with van der Waals surface area (Å²) in [5, 5.41) is 33.2. The van der Waals surface area contributed by atoms with E-state index in [1.807, 2.05) is 6.92 Å². The van der Waals surface area contributed by atoms with Gasteiger partial charge in [0.15, 0.2) is 0 Å². The molecule has 0 saturated heterocycles. The first-order valence-corrected chi connectivity index (χ1v) is 5.85. The van der Waals surface area contributed by atoms with Crippen molar-refractivity contribution < 1.29 is 20.1 Å². The van der Waals surface area contributed by atoms with Gasteiger partial charge in [-0.15, -0.1) is 0 Å². The summed E-state index contributed by atoms with van der Waals surface area (Å²) < 4.78 is 0. The van der Waals surface area contributed by atoms with Crippen LogP contribution in [-0.2, 0) is 0 Å². The van der Waals surface area contributed by atoms with Crippen molar-refractivity contribution in [3.05, 3.63) is 42.0 Å². The van der Waals surface area contributed by atoms with Crippen molar-refractivity contribution in [2.75, 3.05) is 10.6 Å². The molecule has 0 saturated carbocycles. The van der Waals surface area contributed by atoms with Gasteiger partial charge in [-0.25, -0.2) is 4.79 Å². The Kier molecular flexibility index (Phi) is 3.65. The molecule has 0 aromatic heterocycles. The van der Waals surface area contributed by atoms with E-state index in [1.54, 1.807) is 12.1 Å². The molecule has 0 spiro atoms. The summed E-state index contributed by atoms with van der Waals surface area (Å²) in [6.07, 6.45) is 0. The zero-order chi connectivity index (χ0) is 14.7. The highest BCUT2D eigenvalue weighted by Gasteiger charge is 2.08. The van der Waals surface area contributed by atoms with Crippen molar-refractivity contribution in [2.24, 2.45) is 0 Å². The van der Waals surface area contributed by atoms with Gasteiger partial charge in [0, 0.05) is 23.9 Å². The Morgan fingerprint density at radius 3 is 2.20 bits per heavy atom. The van der Waals surface area contributed by atoms with Crippen LogP contribution in [0.2, 0.25) is 0 Å². The number of anilines is 2. The lowest BCUT2D eigenvalue weighted by Gasteiger charge is -2.10. The average molecular weight is 274 g/mol. The van der Waals surface area contributed by atoms with E-state index in [9.17, 15) is 20.1 Å². The fourth-order valence-electron chi connectivity index (χ4n) is 1.70. The number of aromatic hydroxyl groups is 3. The van der Waals surface area contributed by atoms with Crippen LogP contribution < -0.4 is 10.6 Å². The van der Waals surface area contributed by atoms with Crippen LogP contribution >= 0.6 is 0 Å². The minimum absolute atomic E-state index is 0.0427. The van der Waals surface area contributed by atoms with Crippen LogP contribution in [0, 0.1) is 6.92 Å². The summed E-state index contributed by atoms with van der Waals surface area (Å²) in [7, 11) is 0.